The SMILES string of the molecule is Cn1ccnc1-c1ccc2n(c1=O)C[C@H]1C[C@@H]2CN(C(=O)[C@@H](N)c2ccccc2)C1. The Kier molecular flexibility index (Phi) is 4.55. The molecule has 2 aliphatic heterocycles. The van der Waals surface area contributed by atoms with Gasteiger partial charge in [-0.3, -0.25) is 9.59 Å². The molecular weight excluding hydrogens is 378 g/mol. The second-order valence-electron chi connectivity index (χ2n) is 8.38. The van der Waals surface area contributed by atoms with Crippen LogP contribution in [0.15, 0.2) is 59.7 Å². The minimum absolute atomic E-state index is 0.00253. The average molecular weight is 403 g/mol. The smallest absolute Gasteiger partial charge is 0.261 e. The van der Waals surface area contributed by atoms with Gasteiger partial charge in [0.25, 0.3) is 5.56 Å². The Bertz CT molecular complexity index is 1150. The van der Waals surface area contributed by atoms with Crippen LogP contribution in [-0.4, -0.2) is 38.0 Å². The molecule has 3 atom stereocenters. The number of benzene rings is 1. The Hall–Kier alpha value is -3.19. The third-order valence-electron chi connectivity index (χ3n) is 6.40. The number of nitrogens with zero attached hydrogens (tertiary/aromatic N) is 4. The molecule has 2 aromatic heterocycles. The van der Waals surface area contributed by atoms with Crippen LogP contribution >= 0.6 is 0 Å². The van der Waals surface area contributed by atoms with E-state index >= 15 is 0 Å². The fourth-order valence-corrected chi connectivity index (χ4v) is 4.92. The fourth-order valence-electron chi connectivity index (χ4n) is 4.92. The number of aryl methyl sites for hydroxylation is 1. The van der Waals surface area contributed by atoms with Gasteiger partial charge in [-0.1, -0.05) is 30.3 Å². The molecule has 2 bridgehead atoms. The molecule has 2 N–H and O–H groups in total. The number of piperidine rings is 1. The van der Waals surface area contributed by atoms with Gasteiger partial charge in [-0.2, -0.15) is 0 Å². The number of hydrogen-bond acceptors (Lipinski definition) is 4. The molecule has 7 nitrogen and oxygen atoms in total. The second-order valence-corrected chi connectivity index (χ2v) is 8.38. The van der Waals surface area contributed by atoms with Crippen LogP contribution in [0, 0.1) is 5.92 Å². The first-order chi connectivity index (χ1) is 14.5. The van der Waals surface area contributed by atoms with Crippen LogP contribution in [0.1, 0.15) is 29.6 Å². The lowest BCUT2D eigenvalue weighted by molar-refractivity contribution is -0.135. The van der Waals surface area contributed by atoms with E-state index in [-0.39, 0.29) is 23.3 Å². The average Bonchev–Trinajstić information content (AvgIpc) is 3.19. The Labute approximate surface area is 174 Å². The predicted octanol–water partition coefficient (Wildman–Crippen LogP) is 1.89. The topological polar surface area (TPSA) is 86.2 Å². The highest BCUT2D eigenvalue weighted by Gasteiger charge is 2.38. The number of nitrogens with two attached hydrogens (primary N) is 1. The normalized spacial score (nSPS) is 21.2. The molecule has 2 aliphatic rings. The zero-order chi connectivity index (χ0) is 20.8. The largest absolute Gasteiger partial charge is 0.340 e. The number of carbonyl (C=O) groups excluding carboxylic acids is 1. The van der Waals surface area contributed by atoms with Crippen molar-refractivity contribution in [2.24, 2.45) is 18.7 Å². The maximum absolute atomic E-state index is 13.2. The highest BCUT2D eigenvalue weighted by molar-refractivity contribution is 5.83. The zero-order valence-electron chi connectivity index (χ0n) is 16.9. The summed E-state index contributed by atoms with van der Waals surface area (Å²) in [5.41, 5.74) is 8.71. The van der Waals surface area contributed by atoms with Crippen molar-refractivity contribution in [2.75, 3.05) is 13.1 Å². The maximum Gasteiger partial charge on any atom is 0.261 e. The van der Waals surface area contributed by atoms with Gasteiger partial charge in [0.1, 0.15) is 11.9 Å². The van der Waals surface area contributed by atoms with Crippen LogP contribution in [0.25, 0.3) is 11.4 Å². The maximum atomic E-state index is 13.2. The Morgan fingerprint density at radius 1 is 1.13 bits per heavy atom. The molecule has 0 spiro atoms. The standard InChI is InChI=1S/C23H25N5O2/c1-26-10-9-25-21(26)18-7-8-19-17-11-15(13-28(19)22(18)29)12-27(14-17)23(30)20(24)16-5-3-2-4-6-16/h2-10,15,17,20H,11-14,24H2,1H3/t15-,17+,20-/m0/s1. The van der Waals surface area contributed by atoms with Crippen LogP contribution < -0.4 is 11.3 Å². The fraction of sp³-hybridized carbons (Fsp3) is 0.348. The number of imidazole rings is 1. The van der Waals surface area contributed by atoms with E-state index in [0.29, 0.717) is 31.0 Å². The molecule has 154 valence electrons. The van der Waals surface area contributed by atoms with Gasteiger partial charge in [0.2, 0.25) is 5.91 Å². The van der Waals surface area contributed by atoms with E-state index in [2.05, 4.69) is 4.98 Å². The van der Waals surface area contributed by atoms with Gasteiger partial charge >= 0.3 is 0 Å². The summed E-state index contributed by atoms with van der Waals surface area (Å²) >= 11 is 0. The summed E-state index contributed by atoms with van der Waals surface area (Å²) in [6.45, 7) is 1.85. The summed E-state index contributed by atoms with van der Waals surface area (Å²) < 4.78 is 3.75. The summed E-state index contributed by atoms with van der Waals surface area (Å²) in [6, 6.07) is 12.7. The van der Waals surface area contributed by atoms with Gasteiger partial charge in [0.05, 0.1) is 5.56 Å². The van der Waals surface area contributed by atoms with E-state index in [0.717, 1.165) is 17.7 Å². The lowest BCUT2D eigenvalue weighted by atomic mass is 9.82. The molecule has 4 heterocycles. The number of amides is 1. The van der Waals surface area contributed by atoms with E-state index in [9.17, 15) is 9.59 Å². The first-order valence-electron chi connectivity index (χ1n) is 10.3. The van der Waals surface area contributed by atoms with Crippen LogP contribution in [0.2, 0.25) is 0 Å². The predicted molar refractivity (Wildman–Crippen MR) is 114 cm³/mol. The number of pyridine rings is 1. The summed E-state index contributed by atoms with van der Waals surface area (Å²) in [5, 5.41) is 0. The monoisotopic (exact) mass is 403 g/mol. The van der Waals surface area contributed by atoms with Gasteiger partial charge in [-0.05, 0) is 30.0 Å². The van der Waals surface area contributed by atoms with E-state index < -0.39 is 6.04 Å². The van der Waals surface area contributed by atoms with Crippen molar-refractivity contribution in [1.82, 2.24) is 19.0 Å². The quantitative estimate of drug-likeness (QED) is 0.724. The molecule has 1 saturated heterocycles. The molecule has 3 aromatic rings. The third kappa shape index (κ3) is 3.06. The number of rotatable bonds is 3. The van der Waals surface area contributed by atoms with Gasteiger partial charge < -0.3 is 19.8 Å². The number of fused-ring (bicyclic) bond motifs is 4. The van der Waals surface area contributed by atoms with Crippen LogP contribution in [0.3, 0.4) is 0 Å². The molecule has 0 saturated carbocycles. The molecule has 0 unspecified atom stereocenters. The van der Waals surface area contributed by atoms with Crippen molar-refractivity contribution in [1.29, 1.82) is 0 Å². The minimum atomic E-state index is -0.655. The lowest BCUT2D eigenvalue weighted by Gasteiger charge is -2.43. The number of carbonyl (C=O) groups is 1. The molecule has 0 aliphatic carbocycles. The molecule has 1 aromatic carbocycles. The zero-order valence-corrected chi connectivity index (χ0v) is 16.9. The van der Waals surface area contributed by atoms with Crippen molar-refractivity contribution in [3.05, 3.63) is 76.5 Å². The van der Waals surface area contributed by atoms with Crippen molar-refractivity contribution >= 4 is 5.91 Å². The summed E-state index contributed by atoms with van der Waals surface area (Å²) in [5.74, 6) is 1.03. The summed E-state index contributed by atoms with van der Waals surface area (Å²) in [4.78, 5) is 32.5. The summed E-state index contributed by atoms with van der Waals surface area (Å²) in [7, 11) is 1.89. The van der Waals surface area contributed by atoms with E-state index in [4.69, 9.17) is 5.73 Å². The summed E-state index contributed by atoms with van der Waals surface area (Å²) in [6.07, 6.45) is 4.53. The van der Waals surface area contributed by atoms with Gasteiger partial charge in [-0.25, -0.2) is 4.98 Å². The minimum Gasteiger partial charge on any atom is -0.340 e. The Morgan fingerprint density at radius 3 is 2.67 bits per heavy atom. The molecule has 1 amide bonds. The molecule has 1 fully saturated rings. The Balaban J connectivity index is 1.43. The van der Waals surface area contributed by atoms with Gasteiger partial charge in [0, 0.05) is 50.7 Å². The molecule has 7 heteroatoms. The van der Waals surface area contributed by atoms with Crippen molar-refractivity contribution in [3.8, 4) is 11.4 Å². The number of aromatic nitrogens is 3. The van der Waals surface area contributed by atoms with E-state index in [1.165, 1.54) is 0 Å². The molecular formula is C23H25N5O2. The Morgan fingerprint density at radius 2 is 1.93 bits per heavy atom. The van der Waals surface area contributed by atoms with Crippen LogP contribution in [0.5, 0.6) is 0 Å². The van der Waals surface area contributed by atoms with Crippen LogP contribution in [-0.2, 0) is 18.4 Å². The van der Waals surface area contributed by atoms with E-state index in [1.807, 2.05) is 69.7 Å². The van der Waals surface area contributed by atoms with Crippen molar-refractivity contribution in [3.63, 3.8) is 0 Å². The second kappa shape index (κ2) is 7.25. The highest BCUT2D eigenvalue weighted by Crippen LogP contribution is 2.36. The van der Waals surface area contributed by atoms with E-state index in [1.54, 1.807) is 6.20 Å². The number of hydrogen-bond donors (Lipinski definition) is 1. The molecule has 30 heavy (non-hydrogen) atoms. The third-order valence-corrected chi connectivity index (χ3v) is 6.40. The van der Waals surface area contributed by atoms with Gasteiger partial charge in [0.15, 0.2) is 0 Å². The molecule has 5 rings (SSSR count). The first kappa shape index (κ1) is 18.8. The van der Waals surface area contributed by atoms with Crippen molar-refractivity contribution < 1.29 is 4.79 Å². The first-order valence-corrected chi connectivity index (χ1v) is 10.3. The van der Waals surface area contributed by atoms with Crippen LogP contribution in [0.4, 0.5) is 0 Å². The van der Waals surface area contributed by atoms with Crippen molar-refractivity contribution in [2.45, 2.75) is 24.9 Å². The van der Waals surface area contributed by atoms with Gasteiger partial charge in [-0.15, -0.1) is 0 Å². The number of likely N-dealkylation sites (tertiary alicyclic amines) is 1. The lowest BCUT2D eigenvalue weighted by Crippen LogP contribution is -2.51. The molecule has 0 radical (unpaired) electrons. The highest BCUT2D eigenvalue weighted by atomic mass is 16.2.